The molecular weight excluding hydrogens is 434 g/mol. The maximum absolute atomic E-state index is 12.9. The summed E-state index contributed by atoms with van der Waals surface area (Å²) < 4.78 is 1.96. The molecule has 0 spiro atoms. The Balaban J connectivity index is 1.09. The number of aromatic nitrogens is 3. The lowest BCUT2D eigenvalue weighted by atomic mass is 9.75. The van der Waals surface area contributed by atoms with Crippen LogP contribution in [-0.2, 0) is 11.3 Å². The normalized spacial score (nSPS) is 23.2. The molecule has 7 rings (SSSR count). The van der Waals surface area contributed by atoms with Crippen molar-refractivity contribution in [3.05, 3.63) is 91.1 Å². The van der Waals surface area contributed by atoms with Crippen LogP contribution in [0.3, 0.4) is 0 Å². The van der Waals surface area contributed by atoms with Crippen LogP contribution in [0.1, 0.15) is 12.8 Å². The van der Waals surface area contributed by atoms with E-state index < -0.39 is 0 Å². The molecule has 3 fully saturated rings. The fourth-order valence-electron chi connectivity index (χ4n) is 5.58. The quantitative estimate of drug-likeness (QED) is 0.439. The lowest BCUT2D eigenvalue weighted by Gasteiger charge is -2.49. The maximum atomic E-state index is 12.9. The number of carbonyl (C=O) groups is 1. The molecular formula is C29H29N5O. The number of hydrogen-bond donors (Lipinski definition) is 1. The molecule has 3 aromatic carbocycles. The third-order valence-corrected chi connectivity index (χ3v) is 7.48. The summed E-state index contributed by atoms with van der Waals surface area (Å²) in [6, 6.07) is 29.0. The molecule has 2 bridgehead atoms. The van der Waals surface area contributed by atoms with E-state index in [0.29, 0.717) is 12.0 Å². The van der Waals surface area contributed by atoms with Gasteiger partial charge in [0.2, 0.25) is 5.91 Å². The molecule has 4 heterocycles. The second-order valence-electron chi connectivity index (χ2n) is 9.66. The Bertz CT molecular complexity index is 1290. The molecule has 1 N–H and O–H groups in total. The second kappa shape index (κ2) is 9.47. The zero-order valence-corrected chi connectivity index (χ0v) is 19.6. The van der Waals surface area contributed by atoms with Crippen LogP contribution >= 0.6 is 0 Å². The van der Waals surface area contributed by atoms with Crippen LogP contribution in [0.5, 0.6) is 0 Å². The first-order valence-electron chi connectivity index (χ1n) is 12.4. The van der Waals surface area contributed by atoms with Gasteiger partial charge in [0.25, 0.3) is 0 Å². The predicted octanol–water partition coefficient (Wildman–Crippen LogP) is 4.96. The SMILES string of the molecule is O=C(Nc1ccccc1)[C@H]1CN2CC[C@H]1C[C@@H]2Cn1cc(-c2ccc(-c3ccccc3)cc2)nn1. The van der Waals surface area contributed by atoms with Crippen LogP contribution in [0, 0.1) is 11.8 Å². The molecule has 176 valence electrons. The first-order chi connectivity index (χ1) is 17.2. The van der Waals surface area contributed by atoms with Crippen molar-refractivity contribution >= 4 is 11.6 Å². The monoisotopic (exact) mass is 463 g/mol. The molecule has 6 heteroatoms. The molecule has 6 nitrogen and oxygen atoms in total. The largest absolute Gasteiger partial charge is 0.326 e. The van der Waals surface area contributed by atoms with Gasteiger partial charge in [-0.1, -0.05) is 78.0 Å². The summed E-state index contributed by atoms with van der Waals surface area (Å²) in [5.41, 5.74) is 5.23. The van der Waals surface area contributed by atoms with Crippen LogP contribution in [0.15, 0.2) is 91.1 Å². The van der Waals surface area contributed by atoms with Gasteiger partial charge in [-0.15, -0.1) is 5.10 Å². The van der Waals surface area contributed by atoms with Crippen molar-refractivity contribution in [1.29, 1.82) is 0 Å². The summed E-state index contributed by atoms with van der Waals surface area (Å²) in [6.45, 7) is 2.67. The minimum atomic E-state index is 0.0506. The number of hydrogen-bond acceptors (Lipinski definition) is 4. The van der Waals surface area contributed by atoms with Crippen LogP contribution in [-0.4, -0.2) is 44.9 Å². The molecule has 4 atom stereocenters. The number of carbonyl (C=O) groups excluding carboxylic acids is 1. The Hall–Kier alpha value is -3.77. The minimum Gasteiger partial charge on any atom is -0.326 e. The topological polar surface area (TPSA) is 63.1 Å². The molecule has 3 aliphatic rings. The molecule has 3 saturated heterocycles. The van der Waals surface area contributed by atoms with Gasteiger partial charge in [-0.3, -0.25) is 14.4 Å². The number of anilines is 1. The Morgan fingerprint density at radius 2 is 1.57 bits per heavy atom. The highest BCUT2D eigenvalue weighted by molar-refractivity contribution is 5.93. The standard InChI is InChI=1S/C29H29N5O/c35-29(30-25-9-5-2-6-10-25)27-19-33-16-15-24(27)17-26(33)18-34-20-28(31-32-34)23-13-11-22(12-14-23)21-7-3-1-4-8-21/h1-14,20,24,26-27H,15-19H2,(H,30,35)/t24-,26+,27-/m0/s1. The third kappa shape index (κ3) is 4.62. The Labute approximate surface area is 205 Å². The third-order valence-electron chi connectivity index (χ3n) is 7.48. The van der Waals surface area contributed by atoms with Gasteiger partial charge in [-0.2, -0.15) is 0 Å². The van der Waals surface area contributed by atoms with E-state index in [4.69, 9.17) is 0 Å². The minimum absolute atomic E-state index is 0.0506. The van der Waals surface area contributed by atoms with Crippen molar-refractivity contribution in [2.45, 2.75) is 25.4 Å². The van der Waals surface area contributed by atoms with Crippen molar-refractivity contribution in [3.63, 3.8) is 0 Å². The fourth-order valence-corrected chi connectivity index (χ4v) is 5.58. The van der Waals surface area contributed by atoms with Crippen molar-refractivity contribution in [3.8, 4) is 22.4 Å². The fraction of sp³-hybridized carbons (Fsp3) is 0.276. The van der Waals surface area contributed by atoms with E-state index in [1.54, 1.807) is 0 Å². The predicted molar refractivity (Wildman–Crippen MR) is 138 cm³/mol. The van der Waals surface area contributed by atoms with Gasteiger partial charge < -0.3 is 5.32 Å². The lowest BCUT2D eigenvalue weighted by molar-refractivity contribution is -0.127. The molecule has 35 heavy (non-hydrogen) atoms. The lowest BCUT2D eigenvalue weighted by Crippen LogP contribution is -2.57. The average Bonchev–Trinajstić information content (AvgIpc) is 3.39. The van der Waals surface area contributed by atoms with Crippen LogP contribution in [0.2, 0.25) is 0 Å². The Morgan fingerprint density at radius 3 is 2.29 bits per heavy atom. The summed E-state index contributed by atoms with van der Waals surface area (Å²) in [7, 11) is 0. The molecule has 1 unspecified atom stereocenters. The average molecular weight is 464 g/mol. The van der Waals surface area contributed by atoms with Gasteiger partial charge in [-0.05, 0) is 48.6 Å². The maximum Gasteiger partial charge on any atom is 0.229 e. The van der Waals surface area contributed by atoms with Gasteiger partial charge in [0.1, 0.15) is 5.69 Å². The highest BCUT2D eigenvalue weighted by atomic mass is 16.2. The van der Waals surface area contributed by atoms with Gasteiger partial charge in [0.05, 0.1) is 18.7 Å². The summed E-state index contributed by atoms with van der Waals surface area (Å²) >= 11 is 0. The van der Waals surface area contributed by atoms with Gasteiger partial charge >= 0.3 is 0 Å². The molecule has 0 aliphatic carbocycles. The van der Waals surface area contributed by atoms with E-state index in [1.807, 2.05) is 47.3 Å². The highest BCUT2D eigenvalue weighted by Crippen LogP contribution is 2.37. The van der Waals surface area contributed by atoms with Gasteiger partial charge in [-0.25, -0.2) is 0 Å². The van der Waals surface area contributed by atoms with E-state index in [2.05, 4.69) is 69.1 Å². The zero-order valence-electron chi connectivity index (χ0n) is 19.6. The number of benzene rings is 3. The molecule has 1 amide bonds. The smallest absolute Gasteiger partial charge is 0.229 e. The number of rotatable bonds is 6. The number of nitrogens with zero attached hydrogens (tertiary/aromatic N) is 4. The Kier molecular flexibility index (Phi) is 5.88. The van der Waals surface area contributed by atoms with Crippen LogP contribution in [0.25, 0.3) is 22.4 Å². The van der Waals surface area contributed by atoms with E-state index in [-0.39, 0.29) is 11.8 Å². The van der Waals surface area contributed by atoms with Crippen molar-refractivity contribution in [1.82, 2.24) is 19.9 Å². The molecule has 1 aromatic heterocycles. The van der Waals surface area contributed by atoms with E-state index >= 15 is 0 Å². The van der Waals surface area contributed by atoms with Gasteiger partial charge in [0.15, 0.2) is 0 Å². The van der Waals surface area contributed by atoms with E-state index in [1.165, 1.54) is 11.1 Å². The molecule has 0 radical (unpaired) electrons. The number of fused-ring (bicyclic) bond motifs is 3. The molecule has 3 aliphatic heterocycles. The first-order valence-corrected chi connectivity index (χ1v) is 12.4. The van der Waals surface area contributed by atoms with Crippen molar-refractivity contribution < 1.29 is 4.79 Å². The number of nitrogens with one attached hydrogen (secondary N) is 1. The highest BCUT2D eigenvalue weighted by Gasteiger charge is 2.43. The second-order valence-corrected chi connectivity index (χ2v) is 9.66. The summed E-state index contributed by atoms with van der Waals surface area (Å²) in [5.74, 6) is 0.614. The number of amides is 1. The van der Waals surface area contributed by atoms with Gasteiger partial charge in [0, 0.05) is 23.8 Å². The summed E-state index contributed by atoms with van der Waals surface area (Å²) in [5, 5.41) is 12.0. The van der Waals surface area contributed by atoms with E-state index in [9.17, 15) is 4.79 Å². The van der Waals surface area contributed by atoms with Crippen molar-refractivity contribution in [2.75, 3.05) is 18.4 Å². The first kappa shape index (κ1) is 21.7. The summed E-state index contributed by atoms with van der Waals surface area (Å²) in [4.78, 5) is 15.4. The zero-order chi connectivity index (χ0) is 23.6. The van der Waals surface area contributed by atoms with E-state index in [0.717, 1.165) is 49.4 Å². The molecule has 0 saturated carbocycles. The number of piperidine rings is 3. The number of para-hydroxylation sites is 1. The van der Waals surface area contributed by atoms with Crippen LogP contribution < -0.4 is 5.32 Å². The van der Waals surface area contributed by atoms with Crippen LogP contribution in [0.4, 0.5) is 5.69 Å². The summed E-state index contributed by atoms with van der Waals surface area (Å²) in [6.07, 6.45) is 4.15. The Morgan fingerprint density at radius 1 is 0.886 bits per heavy atom. The van der Waals surface area contributed by atoms with Crippen molar-refractivity contribution in [2.24, 2.45) is 11.8 Å². The molecule has 4 aromatic rings.